The van der Waals surface area contributed by atoms with Crippen LogP contribution in [0.5, 0.6) is 0 Å². The maximum absolute atomic E-state index is 13.3. The Balaban J connectivity index is 1.62. The molecule has 1 aliphatic carbocycles. The van der Waals surface area contributed by atoms with Gasteiger partial charge in [-0.3, -0.25) is 14.2 Å². The number of amides is 2. The van der Waals surface area contributed by atoms with Gasteiger partial charge in [0.05, 0.1) is 6.16 Å². The predicted molar refractivity (Wildman–Crippen MR) is 151 cm³/mol. The van der Waals surface area contributed by atoms with E-state index in [1.807, 2.05) is 61.5 Å². The Kier molecular flexibility index (Phi) is 12.0. The molecule has 38 heavy (non-hydrogen) atoms. The van der Waals surface area contributed by atoms with E-state index < -0.39 is 31.6 Å². The van der Waals surface area contributed by atoms with Gasteiger partial charge in [0.15, 0.2) is 0 Å². The molecule has 0 aromatic heterocycles. The van der Waals surface area contributed by atoms with Gasteiger partial charge in [0.25, 0.3) is 0 Å². The van der Waals surface area contributed by atoms with E-state index in [1.54, 1.807) is 0 Å². The van der Waals surface area contributed by atoms with Crippen LogP contribution in [0, 0.1) is 18.8 Å². The minimum atomic E-state index is -4.41. The summed E-state index contributed by atoms with van der Waals surface area (Å²) in [6.45, 7) is 2.48. The van der Waals surface area contributed by atoms with Gasteiger partial charge in [-0.25, -0.2) is 0 Å². The second-order valence-corrected chi connectivity index (χ2v) is 12.4. The van der Waals surface area contributed by atoms with Crippen molar-refractivity contribution < 1.29 is 23.9 Å². The average molecular weight is 543 g/mol. The summed E-state index contributed by atoms with van der Waals surface area (Å²) < 4.78 is 11.9. The van der Waals surface area contributed by atoms with Crippen LogP contribution in [0.4, 0.5) is 0 Å². The SMILES string of the molecule is Cc1ccc(CCCC(CP(=O)(O)O)C(=O)N[C@@H](CC2CCCCC2)C(=O)NCCc2ccccc2)cc1. The standard InChI is InChI=1S/C30H43N2O5P/c1-23-15-17-25(18-16-23)13-8-14-27(22-38(35,36)37)29(33)32-28(21-26-11-6-3-7-12-26)30(34)31-20-19-24-9-4-2-5-10-24/h2,4-5,9-10,15-18,26-28H,3,6-8,11-14,19-22H2,1H3,(H,31,34)(H,32,33)(H2,35,36,37)/t27?,28-/m0/s1. The van der Waals surface area contributed by atoms with Crippen molar-refractivity contribution in [2.45, 2.75) is 77.2 Å². The lowest BCUT2D eigenvalue weighted by Gasteiger charge is -2.28. The molecule has 4 N–H and O–H groups in total. The van der Waals surface area contributed by atoms with Crippen LogP contribution < -0.4 is 10.6 Å². The van der Waals surface area contributed by atoms with Crippen molar-refractivity contribution in [3.05, 3.63) is 71.3 Å². The van der Waals surface area contributed by atoms with E-state index in [0.717, 1.165) is 43.2 Å². The Hall–Kier alpha value is -2.47. The van der Waals surface area contributed by atoms with Crippen molar-refractivity contribution in [2.75, 3.05) is 12.7 Å². The number of carbonyl (C=O) groups is 2. The normalized spacial score (nSPS) is 16.0. The Labute approximate surface area is 227 Å². The maximum atomic E-state index is 13.3. The van der Waals surface area contributed by atoms with Crippen molar-refractivity contribution in [1.29, 1.82) is 0 Å². The molecule has 7 nitrogen and oxygen atoms in total. The molecule has 0 aliphatic heterocycles. The minimum Gasteiger partial charge on any atom is -0.354 e. The molecule has 0 saturated heterocycles. The van der Waals surface area contributed by atoms with Gasteiger partial charge >= 0.3 is 7.60 Å². The molecule has 0 heterocycles. The molecule has 2 amide bonds. The summed E-state index contributed by atoms with van der Waals surface area (Å²) in [5.41, 5.74) is 3.41. The third-order valence-corrected chi connectivity index (χ3v) is 8.37. The van der Waals surface area contributed by atoms with Crippen molar-refractivity contribution >= 4 is 19.4 Å². The third-order valence-electron chi connectivity index (χ3n) is 7.45. The average Bonchev–Trinajstić information content (AvgIpc) is 2.89. The van der Waals surface area contributed by atoms with E-state index in [2.05, 4.69) is 10.6 Å². The van der Waals surface area contributed by atoms with Crippen LogP contribution in [0.25, 0.3) is 0 Å². The van der Waals surface area contributed by atoms with E-state index in [0.29, 0.717) is 38.1 Å². The van der Waals surface area contributed by atoms with Crippen LogP contribution in [-0.4, -0.2) is 40.3 Å². The van der Waals surface area contributed by atoms with Gasteiger partial charge in [0.1, 0.15) is 6.04 Å². The molecular weight excluding hydrogens is 499 g/mol. The number of hydrogen-bond donors (Lipinski definition) is 4. The molecule has 3 rings (SSSR count). The van der Waals surface area contributed by atoms with Crippen LogP contribution in [0.1, 0.15) is 68.1 Å². The summed E-state index contributed by atoms with van der Waals surface area (Å²) in [5, 5.41) is 5.87. The Morgan fingerprint density at radius 1 is 0.921 bits per heavy atom. The second kappa shape index (κ2) is 15.2. The maximum Gasteiger partial charge on any atom is 0.326 e. The minimum absolute atomic E-state index is 0.227. The molecule has 1 fully saturated rings. The lowest BCUT2D eigenvalue weighted by Crippen LogP contribution is -2.50. The highest BCUT2D eigenvalue weighted by molar-refractivity contribution is 7.51. The van der Waals surface area contributed by atoms with Gasteiger partial charge in [-0.05, 0) is 56.1 Å². The highest BCUT2D eigenvalue weighted by Crippen LogP contribution is 2.38. The van der Waals surface area contributed by atoms with Crippen LogP contribution in [0.3, 0.4) is 0 Å². The van der Waals surface area contributed by atoms with E-state index in [4.69, 9.17) is 0 Å². The highest BCUT2D eigenvalue weighted by atomic mass is 31.2. The monoisotopic (exact) mass is 542 g/mol. The second-order valence-electron chi connectivity index (χ2n) is 10.7. The summed E-state index contributed by atoms with van der Waals surface area (Å²) in [6, 6.07) is 17.3. The topological polar surface area (TPSA) is 116 Å². The number of nitrogens with one attached hydrogen (secondary N) is 2. The van der Waals surface area contributed by atoms with Crippen molar-refractivity contribution in [2.24, 2.45) is 11.8 Å². The molecule has 2 atom stereocenters. The molecule has 0 bridgehead atoms. The smallest absolute Gasteiger partial charge is 0.326 e. The van der Waals surface area contributed by atoms with Gasteiger partial charge < -0.3 is 20.4 Å². The summed E-state index contributed by atoms with van der Waals surface area (Å²) in [5.74, 6) is -1.17. The number of benzene rings is 2. The van der Waals surface area contributed by atoms with Gasteiger partial charge in [0, 0.05) is 12.5 Å². The largest absolute Gasteiger partial charge is 0.354 e. The van der Waals surface area contributed by atoms with Crippen molar-refractivity contribution in [3.8, 4) is 0 Å². The molecule has 1 aliphatic rings. The molecule has 2 aromatic carbocycles. The van der Waals surface area contributed by atoms with Crippen LogP contribution in [-0.2, 0) is 27.0 Å². The van der Waals surface area contributed by atoms with E-state index in [1.165, 1.54) is 12.0 Å². The molecule has 208 valence electrons. The van der Waals surface area contributed by atoms with Crippen LogP contribution in [0.15, 0.2) is 54.6 Å². The first kappa shape index (κ1) is 30.1. The Morgan fingerprint density at radius 3 is 2.24 bits per heavy atom. The zero-order valence-electron chi connectivity index (χ0n) is 22.5. The first-order valence-corrected chi connectivity index (χ1v) is 15.7. The third kappa shape index (κ3) is 11.1. The van der Waals surface area contributed by atoms with Gasteiger partial charge in [0.2, 0.25) is 11.8 Å². The fourth-order valence-electron chi connectivity index (χ4n) is 5.27. The predicted octanol–water partition coefficient (Wildman–Crippen LogP) is 4.93. The molecule has 0 radical (unpaired) electrons. The van der Waals surface area contributed by atoms with Gasteiger partial charge in [-0.15, -0.1) is 0 Å². The summed E-state index contributed by atoms with van der Waals surface area (Å²) >= 11 is 0. The molecule has 0 spiro atoms. The molecular formula is C30H43N2O5P. The number of rotatable bonds is 14. The number of hydrogen-bond acceptors (Lipinski definition) is 3. The summed E-state index contributed by atoms with van der Waals surface area (Å²) in [7, 11) is -4.41. The van der Waals surface area contributed by atoms with E-state index >= 15 is 0 Å². The Bertz CT molecular complexity index is 1050. The summed E-state index contributed by atoms with van der Waals surface area (Å²) in [6.07, 6.45) is 7.93. The fraction of sp³-hybridized carbons (Fsp3) is 0.533. The van der Waals surface area contributed by atoms with Crippen LogP contribution >= 0.6 is 7.60 Å². The first-order valence-electron chi connectivity index (χ1n) is 13.9. The zero-order chi connectivity index (χ0) is 27.4. The fourth-order valence-corrected chi connectivity index (χ4v) is 6.20. The molecule has 2 aromatic rings. The van der Waals surface area contributed by atoms with Crippen LogP contribution in [0.2, 0.25) is 0 Å². The first-order chi connectivity index (χ1) is 18.2. The lowest BCUT2D eigenvalue weighted by atomic mass is 9.84. The van der Waals surface area contributed by atoms with E-state index in [9.17, 15) is 23.9 Å². The quantitative estimate of drug-likeness (QED) is 0.253. The Morgan fingerprint density at radius 2 is 1.58 bits per heavy atom. The van der Waals surface area contributed by atoms with E-state index in [-0.39, 0.29) is 5.91 Å². The molecule has 1 saturated carbocycles. The lowest BCUT2D eigenvalue weighted by molar-refractivity contribution is -0.131. The number of carbonyl (C=O) groups excluding carboxylic acids is 2. The zero-order valence-corrected chi connectivity index (χ0v) is 23.4. The highest BCUT2D eigenvalue weighted by Gasteiger charge is 2.31. The van der Waals surface area contributed by atoms with Crippen molar-refractivity contribution in [1.82, 2.24) is 10.6 Å². The molecule has 1 unspecified atom stereocenters. The van der Waals surface area contributed by atoms with Crippen molar-refractivity contribution in [3.63, 3.8) is 0 Å². The van der Waals surface area contributed by atoms with Gasteiger partial charge in [-0.2, -0.15) is 0 Å². The van der Waals surface area contributed by atoms with Gasteiger partial charge in [-0.1, -0.05) is 92.3 Å². The summed E-state index contributed by atoms with van der Waals surface area (Å²) in [4.78, 5) is 45.9. The molecule has 8 heteroatoms. The number of aryl methyl sites for hydroxylation is 2.